The van der Waals surface area contributed by atoms with Gasteiger partial charge < -0.3 is 24.7 Å². The van der Waals surface area contributed by atoms with Gasteiger partial charge in [-0.25, -0.2) is 9.59 Å². The Hall–Kier alpha value is -2.88. The molecular weight excluding hydrogens is 266 g/mol. The molecule has 0 saturated carbocycles. The van der Waals surface area contributed by atoms with Crippen LogP contribution < -0.4 is 19.9 Å². The van der Waals surface area contributed by atoms with Gasteiger partial charge in [0.05, 0.1) is 32.6 Å². The maximum atomic E-state index is 11.8. The first-order valence-electron chi connectivity index (χ1n) is 5.31. The van der Waals surface area contributed by atoms with E-state index < -0.39 is 11.9 Å². The Kier molecular flexibility index (Phi) is 4.81. The Bertz CT molecular complexity index is 588. The number of terminal acetylenes is 1. The number of hydrogen-bond donors (Lipinski definition) is 1. The Balaban J connectivity index is 3.38. The molecule has 0 radical (unpaired) electrons. The van der Waals surface area contributed by atoms with Crippen LogP contribution in [-0.4, -0.2) is 33.3 Å². The van der Waals surface area contributed by atoms with Gasteiger partial charge in [-0.1, -0.05) is 0 Å². The van der Waals surface area contributed by atoms with Gasteiger partial charge in [0, 0.05) is 12.0 Å². The first kappa shape index (κ1) is 15.2. The average Bonchev–Trinajstić information content (AvgIpc) is 2.45. The molecule has 0 heterocycles. The second-order valence-electron chi connectivity index (χ2n) is 3.43. The lowest BCUT2D eigenvalue weighted by Gasteiger charge is -2.16. The molecular formula is C13H13NO6. The Labute approximate surface area is 115 Å². The highest BCUT2D eigenvalue weighted by Gasteiger charge is 2.24. The molecule has 0 aliphatic carbocycles. The van der Waals surface area contributed by atoms with Gasteiger partial charge in [0.2, 0.25) is 5.75 Å². The van der Waals surface area contributed by atoms with Crippen molar-refractivity contribution in [1.29, 1.82) is 0 Å². The van der Waals surface area contributed by atoms with Crippen LogP contribution in [0, 0.1) is 12.3 Å². The molecule has 0 unspecified atom stereocenters. The minimum Gasteiger partial charge on any atom is -0.493 e. The van der Waals surface area contributed by atoms with Gasteiger partial charge in [0.25, 0.3) is 0 Å². The number of ether oxygens (including phenoxy) is 4. The third-order valence-corrected chi connectivity index (χ3v) is 2.39. The van der Waals surface area contributed by atoms with Crippen LogP contribution in [0.3, 0.4) is 0 Å². The molecule has 2 N–H and O–H groups in total. The predicted molar refractivity (Wildman–Crippen MR) is 69.8 cm³/mol. The van der Waals surface area contributed by atoms with Crippen LogP contribution in [0.5, 0.6) is 17.2 Å². The third-order valence-electron chi connectivity index (χ3n) is 2.39. The number of esters is 2. The Morgan fingerprint density at radius 3 is 2.20 bits per heavy atom. The average molecular weight is 279 g/mol. The number of nitrogen functional groups attached to an aromatic ring is 1. The molecule has 1 rings (SSSR count). The zero-order chi connectivity index (χ0) is 15.3. The van der Waals surface area contributed by atoms with Crippen molar-refractivity contribution in [2.45, 2.75) is 0 Å². The minimum absolute atomic E-state index is 0.0556. The number of carbonyl (C=O) groups excluding carboxylic acids is 2. The van der Waals surface area contributed by atoms with Crippen molar-refractivity contribution >= 4 is 17.6 Å². The summed E-state index contributed by atoms with van der Waals surface area (Å²) >= 11 is 0. The van der Waals surface area contributed by atoms with Crippen LogP contribution in [0.15, 0.2) is 6.07 Å². The van der Waals surface area contributed by atoms with Crippen molar-refractivity contribution in [2.24, 2.45) is 0 Å². The van der Waals surface area contributed by atoms with E-state index in [4.69, 9.17) is 26.4 Å². The summed E-state index contributed by atoms with van der Waals surface area (Å²) in [6, 6.07) is 1.27. The maximum absolute atomic E-state index is 11.8. The van der Waals surface area contributed by atoms with Gasteiger partial charge in [-0.2, -0.15) is 0 Å². The summed E-state index contributed by atoms with van der Waals surface area (Å²) in [5.74, 6) is 0.0213. The fraction of sp³-hybridized carbons (Fsp3) is 0.231. The highest BCUT2D eigenvalue weighted by Crippen LogP contribution is 2.43. The number of methoxy groups -OCH3 is 3. The van der Waals surface area contributed by atoms with E-state index in [9.17, 15) is 9.59 Å². The molecule has 7 heteroatoms. The highest BCUT2D eigenvalue weighted by atomic mass is 16.6. The molecule has 0 aliphatic heterocycles. The summed E-state index contributed by atoms with van der Waals surface area (Å²) in [5.41, 5.74) is 5.61. The number of carbonyl (C=O) groups is 2. The van der Waals surface area contributed by atoms with Crippen molar-refractivity contribution < 1.29 is 28.5 Å². The van der Waals surface area contributed by atoms with Gasteiger partial charge in [-0.3, -0.25) is 0 Å². The second kappa shape index (κ2) is 6.33. The van der Waals surface area contributed by atoms with Crippen molar-refractivity contribution in [2.75, 3.05) is 27.1 Å². The standard InChI is InChI=1S/C13H13NO6/c1-5-9(15)20-13(16)7-6-8(17-2)11(18-3)12(19-4)10(7)14/h1,6H,14H2,2-4H3. The lowest BCUT2D eigenvalue weighted by Crippen LogP contribution is -2.14. The van der Waals surface area contributed by atoms with Crippen LogP contribution in [0.1, 0.15) is 10.4 Å². The minimum atomic E-state index is -1.12. The first-order chi connectivity index (χ1) is 9.49. The lowest BCUT2D eigenvalue weighted by atomic mass is 10.1. The monoisotopic (exact) mass is 279 g/mol. The van der Waals surface area contributed by atoms with Crippen molar-refractivity contribution in [3.63, 3.8) is 0 Å². The van der Waals surface area contributed by atoms with E-state index in [1.807, 2.05) is 0 Å². The molecule has 0 spiro atoms. The molecule has 7 nitrogen and oxygen atoms in total. The second-order valence-corrected chi connectivity index (χ2v) is 3.43. The molecule has 20 heavy (non-hydrogen) atoms. The summed E-state index contributed by atoms with van der Waals surface area (Å²) < 4.78 is 19.6. The molecule has 1 aromatic carbocycles. The summed E-state index contributed by atoms with van der Waals surface area (Å²) in [7, 11) is 4.10. The van der Waals surface area contributed by atoms with Crippen molar-refractivity contribution in [1.82, 2.24) is 0 Å². The van der Waals surface area contributed by atoms with Crippen LogP contribution in [0.4, 0.5) is 5.69 Å². The first-order valence-corrected chi connectivity index (χ1v) is 5.31. The third kappa shape index (κ3) is 2.75. The summed E-state index contributed by atoms with van der Waals surface area (Å²) in [4.78, 5) is 22.7. The molecule has 0 saturated heterocycles. The van der Waals surface area contributed by atoms with Gasteiger partial charge in [0.1, 0.15) is 0 Å². The number of hydrogen-bond acceptors (Lipinski definition) is 7. The summed E-state index contributed by atoms with van der Waals surface area (Å²) in [6.45, 7) is 0. The van der Waals surface area contributed by atoms with E-state index in [1.165, 1.54) is 27.4 Å². The van der Waals surface area contributed by atoms with E-state index >= 15 is 0 Å². The number of rotatable bonds is 4. The van der Waals surface area contributed by atoms with E-state index in [2.05, 4.69) is 4.74 Å². The van der Waals surface area contributed by atoms with Crippen molar-refractivity contribution in [3.8, 4) is 29.6 Å². The molecule has 1 aromatic rings. The summed E-state index contributed by atoms with van der Waals surface area (Å²) in [5, 5.41) is 0. The van der Waals surface area contributed by atoms with Crippen LogP contribution in [0.25, 0.3) is 0 Å². The summed E-state index contributed by atoms with van der Waals surface area (Å²) in [6.07, 6.45) is 4.82. The van der Waals surface area contributed by atoms with Crippen LogP contribution >= 0.6 is 0 Å². The van der Waals surface area contributed by atoms with Gasteiger partial charge in [-0.15, -0.1) is 6.42 Å². The maximum Gasteiger partial charge on any atom is 0.391 e. The zero-order valence-electron chi connectivity index (χ0n) is 11.2. The highest BCUT2D eigenvalue weighted by molar-refractivity contribution is 6.06. The van der Waals surface area contributed by atoms with E-state index in [-0.39, 0.29) is 28.5 Å². The van der Waals surface area contributed by atoms with E-state index in [0.717, 1.165) is 0 Å². The fourth-order valence-electron chi connectivity index (χ4n) is 1.52. The number of benzene rings is 1. The SMILES string of the molecule is C#CC(=O)OC(=O)c1cc(OC)c(OC)c(OC)c1N. The number of nitrogens with two attached hydrogens (primary N) is 1. The van der Waals surface area contributed by atoms with Crippen LogP contribution in [0.2, 0.25) is 0 Å². The normalized spacial score (nSPS) is 9.30. The molecule has 0 aliphatic rings. The van der Waals surface area contributed by atoms with E-state index in [0.29, 0.717) is 0 Å². The predicted octanol–water partition coefficient (Wildman–Crippen LogP) is 0.611. The fourth-order valence-corrected chi connectivity index (χ4v) is 1.52. The zero-order valence-corrected chi connectivity index (χ0v) is 11.2. The Morgan fingerprint density at radius 1 is 1.15 bits per heavy atom. The molecule has 0 amide bonds. The van der Waals surface area contributed by atoms with Gasteiger partial charge in [0.15, 0.2) is 11.5 Å². The molecule has 0 fully saturated rings. The molecule has 106 valence electrons. The molecule has 0 atom stereocenters. The van der Waals surface area contributed by atoms with E-state index in [1.54, 1.807) is 5.92 Å². The van der Waals surface area contributed by atoms with Crippen molar-refractivity contribution in [3.05, 3.63) is 11.6 Å². The van der Waals surface area contributed by atoms with Gasteiger partial charge >= 0.3 is 11.9 Å². The topological polar surface area (TPSA) is 97.1 Å². The quantitative estimate of drug-likeness (QED) is 0.283. The largest absolute Gasteiger partial charge is 0.493 e. The van der Waals surface area contributed by atoms with Gasteiger partial charge in [-0.05, 0) is 0 Å². The van der Waals surface area contributed by atoms with Crippen LogP contribution in [-0.2, 0) is 9.53 Å². The molecule has 0 bridgehead atoms. The molecule has 0 aromatic heterocycles. The Morgan fingerprint density at radius 2 is 1.75 bits per heavy atom. The number of anilines is 1. The lowest BCUT2D eigenvalue weighted by molar-refractivity contribution is -0.131. The smallest absolute Gasteiger partial charge is 0.391 e.